The summed E-state index contributed by atoms with van der Waals surface area (Å²) in [7, 11) is 0. The van der Waals surface area contributed by atoms with E-state index in [2.05, 4.69) is 20.9 Å². The number of aromatic nitrogens is 1. The second kappa shape index (κ2) is 4.86. The third kappa shape index (κ3) is 2.81. The zero-order chi connectivity index (χ0) is 14.4. The van der Waals surface area contributed by atoms with E-state index in [4.69, 9.17) is 5.11 Å². The van der Waals surface area contributed by atoms with Crippen LogP contribution in [0.3, 0.4) is 0 Å². The Morgan fingerprint density at radius 3 is 2.58 bits per heavy atom. The number of carbonyl (C=O) groups is 2. The highest BCUT2D eigenvalue weighted by Crippen LogP contribution is 2.39. The average molecular weight is 347 g/mol. The van der Waals surface area contributed by atoms with Crippen LogP contribution in [0.15, 0.2) is 3.79 Å². The van der Waals surface area contributed by atoms with Crippen LogP contribution in [-0.2, 0) is 15.0 Å². The Bertz CT molecular complexity index is 536. The first-order valence-electron chi connectivity index (χ1n) is 5.90. The van der Waals surface area contributed by atoms with Crippen molar-refractivity contribution in [3.63, 3.8) is 0 Å². The Hall–Kier alpha value is -0.950. The van der Waals surface area contributed by atoms with Gasteiger partial charge in [-0.05, 0) is 15.9 Å². The van der Waals surface area contributed by atoms with Gasteiger partial charge in [-0.15, -0.1) is 0 Å². The van der Waals surface area contributed by atoms with Crippen molar-refractivity contribution in [3.8, 4) is 0 Å². The van der Waals surface area contributed by atoms with Crippen LogP contribution in [0.5, 0.6) is 0 Å². The van der Waals surface area contributed by atoms with E-state index in [1.54, 1.807) is 0 Å². The monoisotopic (exact) mass is 346 g/mol. The van der Waals surface area contributed by atoms with Crippen LogP contribution in [0.25, 0.3) is 0 Å². The van der Waals surface area contributed by atoms with Gasteiger partial charge >= 0.3 is 5.97 Å². The van der Waals surface area contributed by atoms with Crippen LogP contribution in [0.1, 0.15) is 32.9 Å². The van der Waals surface area contributed by atoms with E-state index < -0.39 is 11.9 Å². The minimum absolute atomic E-state index is 0.0530. The van der Waals surface area contributed by atoms with Crippen LogP contribution >= 0.6 is 27.3 Å². The molecule has 7 heteroatoms. The van der Waals surface area contributed by atoms with Crippen LogP contribution < -0.4 is 4.90 Å². The van der Waals surface area contributed by atoms with Crippen molar-refractivity contribution in [2.45, 2.75) is 32.6 Å². The summed E-state index contributed by atoms with van der Waals surface area (Å²) >= 11 is 4.84. The maximum Gasteiger partial charge on any atom is 0.308 e. The van der Waals surface area contributed by atoms with Crippen molar-refractivity contribution in [2.75, 3.05) is 11.4 Å². The van der Waals surface area contributed by atoms with Crippen molar-refractivity contribution in [1.29, 1.82) is 0 Å². The quantitative estimate of drug-likeness (QED) is 0.893. The van der Waals surface area contributed by atoms with Crippen molar-refractivity contribution in [2.24, 2.45) is 5.92 Å². The molecule has 2 heterocycles. The summed E-state index contributed by atoms with van der Waals surface area (Å²) in [5.41, 5.74) is 0.766. The number of aliphatic carboxylic acids is 1. The highest BCUT2D eigenvalue weighted by atomic mass is 79.9. The Morgan fingerprint density at radius 1 is 1.53 bits per heavy atom. The van der Waals surface area contributed by atoms with Gasteiger partial charge in [0.15, 0.2) is 5.13 Å². The number of amides is 1. The standard InChI is InChI=1S/C12H15BrN2O3S/c1-12(2,3)8-9(13)19-11(14-8)15-5-6(10(17)18)4-7(15)16/h6H,4-5H2,1-3H3,(H,17,18). The summed E-state index contributed by atoms with van der Waals surface area (Å²) in [4.78, 5) is 28.8. The number of thiazole rings is 1. The molecule has 1 unspecified atom stereocenters. The number of carboxylic acids is 1. The van der Waals surface area contributed by atoms with Gasteiger partial charge in [0, 0.05) is 18.4 Å². The lowest BCUT2D eigenvalue weighted by Crippen LogP contribution is -2.26. The average Bonchev–Trinajstić information content (AvgIpc) is 2.80. The molecule has 2 rings (SSSR count). The van der Waals surface area contributed by atoms with Gasteiger partial charge in [0.25, 0.3) is 0 Å². The molecule has 0 spiro atoms. The van der Waals surface area contributed by atoms with E-state index in [9.17, 15) is 9.59 Å². The van der Waals surface area contributed by atoms with Gasteiger partial charge in [-0.25, -0.2) is 4.98 Å². The van der Waals surface area contributed by atoms with E-state index in [0.717, 1.165) is 9.48 Å². The molecule has 0 aromatic carbocycles. The fourth-order valence-corrected chi connectivity index (χ4v) is 4.08. The topological polar surface area (TPSA) is 70.5 Å². The summed E-state index contributed by atoms with van der Waals surface area (Å²) in [6.07, 6.45) is 0.0530. The lowest BCUT2D eigenvalue weighted by molar-refractivity contribution is -0.141. The summed E-state index contributed by atoms with van der Waals surface area (Å²) in [5.74, 6) is -1.73. The van der Waals surface area contributed by atoms with Crippen LogP contribution in [0, 0.1) is 5.92 Å². The van der Waals surface area contributed by atoms with Gasteiger partial charge in [0.05, 0.1) is 15.4 Å². The number of hydrogen-bond acceptors (Lipinski definition) is 4. The second-order valence-corrected chi connectivity index (χ2v) is 7.91. The molecule has 1 N–H and O–H groups in total. The van der Waals surface area contributed by atoms with Crippen molar-refractivity contribution in [3.05, 3.63) is 9.48 Å². The highest BCUT2D eigenvalue weighted by Gasteiger charge is 2.37. The summed E-state index contributed by atoms with van der Waals surface area (Å²) in [5, 5.41) is 9.55. The van der Waals surface area contributed by atoms with E-state index >= 15 is 0 Å². The first-order chi connectivity index (χ1) is 8.70. The molecule has 1 aromatic rings. The molecule has 5 nitrogen and oxygen atoms in total. The minimum Gasteiger partial charge on any atom is -0.481 e. The normalized spacial score (nSPS) is 20.1. The highest BCUT2D eigenvalue weighted by molar-refractivity contribution is 9.11. The van der Waals surface area contributed by atoms with Crippen LogP contribution in [0.4, 0.5) is 5.13 Å². The first kappa shape index (κ1) is 14.5. The predicted molar refractivity (Wildman–Crippen MR) is 76.6 cm³/mol. The van der Waals surface area contributed by atoms with Crippen molar-refractivity contribution in [1.82, 2.24) is 4.98 Å². The molecule has 1 saturated heterocycles. The molecule has 1 aliphatic rings. The third-order valence-electron chi connectivity index (χ3n) is 2.99. The molecule has 1 fully saturated rings. The zero-order valence-electron chi connectivity index (χ0n) is 10.9. The molecule has 0 bridgehead atoms. The Morgan fingerprint density at radius 2 is 2.16 bits per heavy atom. The van der Waals surface area contributed by atoms with E-state index in [0.29, 0.717) is 5.13 Å². The first-order valence-corrected chi connectivity index (χ1v) is 7.51. The maximum absolute atomic E-state index is 11.9. The number of rotatable bonds is 2. The van der Waals surface area contributed by atoms with Crippen LogP contribution in [0.2, 0.25) is 0 Å². The number of hydrogen-bond donors (Lipinski definition) is 1. The Balaban J connectivity index is 2.29. The summed E-state index contributed by atoms with van der Waals surface area (Å²) in [6.45, 7) is 6.34. The maximum atomic E-state index is 11.9. The molecule has 1 atom stereocenters. The molecule has 0 saturated carbocycles. The van der Waals surface area contributed by atoms with Crippen molar-refractivity contribution < 1.29 is 14.7 Å². The van der Waals surface area contributed by atoms with Gasteiger partial charge in [-0.3, -0.25) is 14.5 Å². The molecular formula is C12H15BrN2O3S. The number of halogens is 1. The number of carbonyl (C=O) groups excluding carboxylic acids is 1. The summed E-state index contributed by atoms with van der Waals surface area (Å²) in [6, 6.07) is 0. The number of nitrogens with zero attached hydrogens (tertiary/aromatic N) is 2. The van der Waals surface area contributed by atoms with Gasteiger partial charge in [0.2, 0.25) is 5.91 Å². The van der Waals surface area contributed by atoms with Gasteiger partial charge < -0.3 is 5.11 Å². The lowest BCUT2D eigenvalue weighted by Gasteiger charge is -2.16. The zero-order valence-corrected chi connectivity index (χ0v) is 13.3. The Labute approximate surface area is 123 Å². The molecule has 0 aliphatic carbocycles. The molecular weight excluding hydrogens is 332 g/mol. The smallest absolute Gasteiger partial charge is 0.308 e. The third-order valence-corrected chi connectivity index (χ3v) is 4.72. The van der Waals surface area contributed by atoms with Crippen LogP contribution in [-0.4, -0.2) is 28.5 Å². The van der Waals surface area contributed by atoms with Crippen molar-refractivity contribution >= 4 is 44.3 Å². The largest absolute Gasteiger partial charge is 0.481 e. The molecule has 1 aromatic heterocycles. The molecule has 104 valence electrons. The van der Waals surface area contributed by atoms with Gasteiger partial charge in [-0.2, -0.15) is 0 Å². The molecule has 1 amide bonds. The predicted octanol–water partition coefficient (Wildman–Crippen LogP) is 2.64. The molecule has 0 radical (unpaired) electrons. The number of carboxylic acid groups (broad SMARTS) is 1. The van der Waals surface area contributed by atoms with Gasteiger partial charge in [-0.1, -0.05) is 32.1 Å². The fraction of sp³-hybridized carbons (Fsp3) is 0.583. The van der Waals surface area contributed by atoms with E-state index in [1.807, 2.05) is 20.8 Å². The summed E-state index contributed by atoms with van der Waals surface area (Å²) < 4.78 is 0.890. The molecule has 1 aliphatic heterocycles. The fourth-order valence-electron chi connectivity index (χ4n) is 1.93. The van der Waals surface area contributed by atoms with Gasteiger partial charge in [0.1, 0.15) is 0 Å². The van der Waals surface area contributed by atoms with E-state index in [1.165, 1.54) is 16.2 Å². The molecule has 19 heavy (non-hydrogen) atoms. The Kier molecular flexibility index (Phi) is 3.70. The lowest BCUT2D eigenvalue weighted by atomic mass is 9.93. The number of anilines is 1. The second-order valence-electron chi connectivity index (χ2n) is 5.61. The SMILES string of the molecule is CC(C)(C)c1nc(N2CC(C(=O)O)CC2=O)sc1Br. The van der Waals surface area contributed by atoms with E-state index in [-0.39, 0.29) is 24.3 Å². The minimum atomic E-state index is -0.928.